The zero-order valence-corrected chi connectivity index (χ0v) is 19.9. The smallest absolute Gasteiger partial charge is 0.262 e. The predicted octanol–water partition coefficient (Wildman–Crippen LogP) is 3.53. The second-order valence-corrected chi connectivity index (χ2v) is 9.35. The van der Waals surface area contributed by atoms with Gasteiger partial charge in [0.05, 0.1) is 31.6 Å². The fraction of sp³-hybridized carbons (Fsp3) is 0.417. The van der Waals surface area contributed by atoms with Crippen LogP contribution in [0.25, 0.3) is 10.2 Å². The zero-order valence-electron chi connectivity index (χ0n) is 19.1. The van der Waals surface area contributed by atoms with E-state index >= 15 is 0 Å². The van der Waals surface area contributed by atoms with Crippen molar-refractivity contribution in [1.82, 2.24) is 15.0 Å². The molecule has 1 aromatic carbocycles. The number of hydrogen-bond donors (Lipinski definition) is 1. The van der Waals surface area contributed by atoms with E-state index in [0.717, 1.165) is 41.6 Å². The van der Waals surface area contributed by atoms with Gasteiger partial charge in [-0.2, -0.15) is 5.10 Å². The number of ether oxygens (including phenoxy) is 2. The van der Waals surface area contributed by atoms with Crippen molar-refractivity contribution in [3.8, 4) is 11.5 Å². The fourth-order valence-electron chi connectivity index (χ4n) is 3.94. The molecular formula is C24H28N4O4S. The van der Waals surface area contributed by atoms with E-state index < -0.39 is 5.91 Å². The molecule has 0 saturated heterocycles. The summed E-state index contributed by atoms with van der Waals surface area (Å²) in [5, 5.41) is 4.68. The van der Waals surface area contributed by atoms with Gasteiger partial charge in [0.15, 0.2) is 11.5 Å². The fourth-order valence-corrected chi connectivity index (χ4v) is 5.28. The van der Waals surface area contributed by atoms with E-state index in [-0.39, 0.29) is 12.1 Å². The normalized spacial score (nSPS) is 15.5. The maximum absolute atomic E-state index is 13.0. The van der Waals surface area contributed by atoms with E-state index in [1.807, 2.05) is 13.0 Å². The van der Waals surface area contributed by atoms with Crippen LogP contribution in [0.4, 0.5) is 0 Å². The Bertz CT molecular complexity index is 1250. The number of carbonyl (C=O) groups is 1. The van der Waals surface area contributed by atoms with Gasteiger partial charge < -0.3 is 9.47 Å². The molecule has 0 saturated carbocycles. The van der Waals surface area contributed by atoms with Crippen LogP contribution in [0.5, 0.6) is 11.5 Å². The first-order valence-corrected chi connectivity index (χ1v) is 11.9. The molecule has 0 aliphatic heterocycles. The third-order valence-corrected chi connectivity index (χ3v) is 6.81. The van der Waals surface area contributed by atoms with Gasteiger partial charge in [0.25, 0.3) is 11.5 Å². The van der Waals surface area contributed by atoms with E-state index in [9.17, 15) is 9.59 Å². The molecule has 3 aromatic rings. The number of rotatable bonds is 8. The number of benzene rings is 1. The highest BCUT2D eigenvalue weighted by molar-refractivity contribution is 7.18. The van der Waals surface area contributed by atoms with Gasteiger partial charge in [-0.25, -0.2) is 10.4 Å². The van der Waals surface area contributed by atoms with E-state index in [0.29, 0.717) is 29.4 Å². The zero-order chi connectivity index (χ0) is 23.4. The number of carbonyl (C=O) groups excluding carboxylic acids is 1. The minimum atomic E-state index is -0.401. The number of fused-ring (bicyclic) bond motifs is 3. The van der Waals surface area contributed by atoms with Crippen LogP contribution >= 0.6 is 11.3 Å². The third-order valence-electron chi connectivity index (χ3n) is 5.65. The Hall–Kier alpha value is -3.20. The minimum absolute atomic E-state index is 0.146. The van der Waals surface area contributed by atoms with Crippen LogP contribution in [0.2, 0.25) is 0 Å². The second kappa shape index (κ2) is 10.2. The molecule has 1 aliphatic rings. The minimum Gasteiger partial charge on any atom is -0.493 e. The first kappa shape index (κ1) is 23.0. The topological polar surface area (TPSA) is 94.8 Å². The van der Waals surface area contributed by atoms with Crippen LogP contribution in [0.3, 0.4) is 0 Å². The molecule has 9 heteroatoms. The first-order valence-electron chi connectivity index (χ1n) is 11.1. The maximum atomic E-state index is 13.0. The van der Waals surface area contributed by atoms with Gasteiger partial charge in [0.2, 0.25) is 0 Å². The van der Waals surface area contributed by atoms with Crippen molar-refractivity contribution in [3.05, 3.63) is 50.9 Å². The molecule has 0 spiro atoms. The van der Waals surface area contributed by atoms with Crippen molar-refractivity contribution < 1.29 is 14.3 Å². The lowest BCUT2D eigenvalue weighted by molar-refractivity contribution is -0.121. The van der Waals surface area contributed by atoms with Crippen LogP contribution < -0.4 is 20.5 Å². The Kier molecular flexibility index (Phi) is 7.08. The number of hydrogen-bond acceptors (Lipinski definition) is 7. The van der Waals surface area contributed by atoms with Crippen LogP contribution in [-0.2, 0) is 24.2 Å². The lowest BCUT2D eigenvalue weighted by Crippen LogP contribution is -2.30. The summed E-state index contributed by atoms with van der Waals surface area (Å²) in [6, 6.07) is 5.41. The molecule has 0 bridgehead atoms. The molecule has 1 unspecified atom stereocenters. The Morgan fingerprint density at radius 2 is 2.24 bits per heavy atom. The van der Waals surface area contributed by atoms with Gasteiger partial charge in [-0.05, 0) is 60.9 Å². The SMILES string of the molecule is CCCOc1ccc(/C=N/NC(=O)Cn2cnc3sc4c(c3c2=O)CCC(C)C4)cc1OC. The molecule has 1 aliphatic carbocycles. The Balaban J connectivity index is 1.43. The van der Waals surface area contributed by atoms with Gasteiger partial charge >= 0.3 is 0 Å². The quantitative estimate of drug-likeness (QED) is 0.403. The van der Waals surface area contributed by atoms with E-state index in [2.05, 4.69) is 22.4 Å². The summed E-state index contributed by atoms with van der Waals surface area (Å²) in [6.07, 6.45) is 6.81. The summed E-state index contributed by atoms with van der Waals surface area (Å²) >= 11 is 1.60. The Morgan fingerprint density at radius 1 is 1.39 bits per heavy atom. The summed E-state index contributed by atoms with van der Waals surface area (Å²) in [7, 11) is 1.57. The number of hydrazone groups is 1. The highest BCUT2D eigenvalue weighted by atomic mass is 32.1. The van der Waals surface area contributed by atoms with Crippen molar-refractivity contribution in [3.63, 3.8) is 0 Å². The lowest BCUT2D eigenvalue weighted by atomic mass is 9.89. The van der Waals surface area contributed by atoms with Crippen molar-refractivity contribution >= 4 is 33.7 Å². The van der Waals surface area contributed by atoms with E-state index in [1.165, 1.54) is 22.0 Å². The molecule has 174 valence electrons. The van der Waals surface area contributed by atoms with Crippen LogP contribution in [-0.4, -0.2) is 35.4 Å². The number of amides is 1. The van der Waals surface area contributed by atoms with Gasteiger partial charge in [-0.1, -0.05) is 13.8 Å². The molecule has 2 aromatic heterocycles. The highest BCUT2D eigenvalue weighted by Gasteiger charge is 2.23. The van der Waals surface area contributed by atoms with Crippen molar-refractivity contribution in [2.24, 2.45) is 11.0 Å². The number of aryl methyl sites for hydroxylation is 1. The first-order chi connectivity index (χ1) is 16.0. The molecule has 1 amide bonds. The molecule has 0 radical (unpaired) electrons. The van der Waals surface area contributed by atoms with Crippen LogP contribution in [0.15, 0.2) is 34.4 Å². The largest absolute Gasteiger partial charge is 0.493 e. The summed E-state index contributed by atoms with van der Waals surface area (Å²) < 4.78 is 12.3. The van der Waals surface area contributed by atoms with Gasteiger partial charge in [-0.15, -0.1) is 11.3 Å². The number of aromatic nitrogens is 2. The van der Waals surface area contributed by atoms with E-state index in [1.54, 1.807) is 30.6 Å². The number of thiophene rings is 1. The molecular weight excluding hydrogens is 440 g/mol. The van der Waals surface area contributed by atoms with Crippen molar-refractivity contribution in [1.29, 1.82) is 0 Å². The summed E-state index contributed by atoms with van der Waals surface area (Å²) in [5.41, 5.74) is 4.16. The van der Waals surface area contributed by atoms with Gasteiger partial charge in [0, 0.05) is 4.88 Å². The molecule has 1 atom stereocenters. The number of nitrogens with one attached hydrogen (secondary N) is 1. The predicted molar refractivity (Wildman–Crippen MR) is 130 cm³/mol. The second-order valence-electron chi connectivity index (χ2n) is 8.26. The molecule has 4 rings (SSSR count). The molecule has 1 N–H and O–H groups in total. The Labute approximate surface area is 196 Å². The third kappa shape index (κ3) is 5.08. The highest BCUT2D eigenvalue weighted by Crippen LogP contribution is 2.35. The average Bonchev–Trinajstić information content (AvgIpc) is 3.18. The van der Waals surface area contributed by atoms with Gasteiger partial charge in [0.1, 0.15) is 11.4 Å². The molecule has 33 heavy (non-hydrogen) atoms. The van der Waals surface area contributed by atoms with E-state index in [4.69, 9.17) is 9.47 Å². The van der Waals surface area contributed by atoms with Crippen LogP contribution in [0.1, 0.15) is 42.7 Å². The monoisotopic (exact) mass is 468 g/mol. The molecule has 8 nitrogen and oxygen atoms in total. The van der Waals surface area contributed by atoms with Crippen molar-refractivity contribution in [2.45, 2.75) is 46.1 Å². The standard InChI is InChI=1S/C24H28N4O4S/c1-4-9-32-18-8-6-16(11-19(18)31-3)12-26-27-21(29)13-28-14-25-23-22(24(28)30)17-7-5-15(2)10-20(17)33-23/h6,8,11-12,14-15H,4-5,7,9-10,13H2,1-3H3,(H,27,29)/b26-12+. The summed E-state index contributed by atoms with van der Waals surface area (Å²) in [6.45, 7) is 4.72. The Morgan fingerprint density at radius 3 is 3.03 bits per heavy atom. The molecule has 0 fully saturated rings. The maximum Gasteiger partial charge on any atom is 0.262 e. The molecule has 2 heterocycles. The summed E-state index contributed by atoms with van der Waals surface area (Å²) in [4.78, 5) is 31.9. The van der Waals surface area contributed by atoms with Gasteiger partial charge in [-0.3, -0.25) is 14.2 Å². The number of nitrogens with zero attached hydrogens (tertiary/aromatic N) is 3. The lowest BCUT2D eigenvalue weighted by Gasteiger charge is -2.17. The van der Waals surface area contributed by atoms with Crippen LogP contribution in [0, 0.1) is 5.92 Å². The summed E-state index contributed by atoms with van der Waals surface area (Å²) in [5.74, 6) is 1.48. The number of methoxy groups -OCH3 is 1. The average molecular weight is 469 g/mol. The van der Waals surface area contributed by atoms with Crippen molar-refractivity contribution in [2.75, 3.05) is 13.7 Å².